The lowest BCUT2D eigenvalue weighted by Crippen LogP contribution is -2.14. The molecule has 3 rings (SSSR count). The highest BCUT2D eigenvalue weighted by Gasteiger charge is 2.16. The number of thioether (sulfide) groups is 1. The molecule has 10 heteroatoms. The molecule has 0 saturated heterocycles. The van der Waals surface area contributed by atoms with E-state index in [0.717, 1.165) is 40.9 Å². The second kappa shape index (κ2) is 8.74. The van der Waals surface area contributed by atoms with E-state index in [1.54, 1.807) is 11.3 Å². The van der Waals surface area contributed by atoms with Gasteiger partial charge in [-0.3, -0.25) is 10.1 Å². The van der Waals surface area contributed by atoms with Crippen LogP contribution in [0, 0.1) is 6.92 Å². The van der Waals surface area contributed by atoms with E-state index in [-0.39, 0.29) is 11.7 Å². The maximum Gasteiger partial charge on any atom is 0.236 e. The van der Waals surface area contributed by atoms with E-state index in [0.29, 0.717) is 5.13 Å². The van der Waals surface area contributed by atoms with Gasteiger partial charge in [0.15, 0.2) is 11.0 Å². The first kappa shape index (κ1) is 19.0. The molecule has 0 spiro atoms. The van der Waals surface area contributed by atoms with Gasteiger partial charge in [-0.15, -0.1) is 31.7 Å². The third-order valence-corrected chi connectivity index (χ3v) is 6.33. The maximum absolute atomic E-state index is 12.1. The Hall–Kier alpha value is -1.78. The summed E-state index contributed by atoms with van der Waals surface area (Å²) in [5.74, 6) is 0.998. The zero-order valence-corrected chi connectivity index (χ0v) is 17.3. The summed E-state index contributed by atoms with van der Waals surface area (Å²) >= 11 is 4.48. The molecule has 1 N–H and O–H groups in total. The average Bonchev–Trinajstić information content (AvgIpc) is 3.33. The molecule has 0 aliphatic heterocycles. The number of rotatable bonds is 8. The number of hydrogen-bond acceptors (Lipinski definition) is 8. The number of thiophene rings is 1. The lowest BCUT2D eigenvalue weighted by atomic mass is 10.2. The van der Waals surface area contributed by atoms with Crippen molar-refractivity contribution in [3.8, 4) is 11.4 Å². The number of hydrogen-bond donors (Lipinski definition) is 1. The van der Waals surface area contributed by atoms with Crippen LogP contribution in [0.5, 0.6) is 0 Å². The van der Waals surface area contributed by atoms with Crippen molar-refractivity contribution in [1.82, 2.24) is 25.0 Å². The molecule has 26 heavy (non-hydrogen) atoms. The Morgan fingerprint density at radius 2 is 2.12 bits per heavy atom. The average molecular weight is 409 g/mol. The molecule has 0 aliphatic rings. The highest BCUT2D eigenvalue weighted by atomic mass is 32.2. The minimum atomic E-state index is -0.123. The Balaban J connectivity index is 1.70. The number of nitrogens with one attached hydrogen (secondary N) is 1. The maximum atomic E-state index is 12.1. The third-order valence-electron chi connectivity index (χ3n) is 3.53. The minimum Gasteiger partial charge on any atom is -0.302 e. The van der Waals surface area contributed by atoms with Gasteiger partial charge in [-0.25, -0.2) is 0 Å². The Bertz CT molecular complexity index is 884. The molecule has 0 fully saturated rings. The van der Waals surface area contributed by atoms with Crippen molar-refractivity contribution in [3.63, 3.8) is 0 Å². The van der Waals surface area contributed by atoms with E-state index >= 15 is 0 Å². The van der Waals surface area contributed by atoms with Crippen LogP contribution in [0.2, 0.25) is 0 Å². The molecule has 0 atom stereocenters. The van der Waals surface area contributed by atoms with Gasteiger partial charge in [0.05, 0.1) is 5.75 Å². The monoisotopic (exact) mass is 408 g/mol. The number of carbonyl (C=O) groups excluding carboxylic acids is 1. The third kappa shape index (κ3) is 4.49. The summed E-state index contributed by atoms with van der Waals surface area (Å²) in [6.07, 6.45) is 1.99. The van der Waals surface area contributed by atoms with Gasteiger partial charge in [0.1, 0.15) is 5.01 Å². The van der Waals surface area contributed by atoms with Crippen molar-refractivity contribution in [3.05, 3.63) is 21.3 Å². The lowest BCUT2D eigenvalue weighted by molar-refractivity contribution is -0.113. The number of carbonyl (C=O) groups is 1. The zero-order chi connectivity index (χ0) is 18.5. The van der Waals surface area contributed by atoms with Gasteiger partial charge in [-0.05, 0) is 25.8 Å². The SMILES string of the molecule is CCCn1c(SCC(=O)Nc2nnc(C)s2)nnc1-c1csc(CC)c1. The predicted octanol–water partition coefficient (Wildman–Crippen LogP) is 3.87. The van der Waals surface area contributed by atoms with E-state index in [2.05, 4.69) is 55.6 Å². The van der Waals surface area contributed by atoms with Crippen LogP contribution in [0.1, 0.15) is 30.2 Å². The molecule has 7 nitrogen and oxygen atoms in total. The van der Waals surface area contributed by atoms with Gasteiger partial charge in [0, 0.05) is 22.4 Å². The van der Waals surface area contributed by atoms with E-state index in [9.17, 15) is 4.79 Å². The highest BCUT2D eigenvalue weighted by Crippen LogP contribution is 2.28. The van der Waals surface area contributed by atoms with Gasteiger partial charge in [-0.1, -0.05) is 36.9 Å². The van der Waals surface area contributed by atoms with Crippen LogP contribution in [-0.4, -0.2) is 36.6 Å². The number of nitrogens with zero attached hydrogens (tertiary/aromatic N) is 5. The molecule has 0 saturated carbocycles. The van der Waals surface area contributed by atoms with Gasteiger partial charge in [0.25, 0.3) is 0 Å². The molecule has 3 heterocycles. The zero-order valence-electron chi connectivity index (χ0n) is 14.9. The van der Waals surface area contributed by atoms with Gasteiger partial charge < -0.3 is 4.57 Å². The van der Waals surface area contributed by atoms with Crippen molar-refractivity contribution in [2.75, 3.05) is 11.1 Å². The van der Waals surface area contributed by atoms with Crippen molar-refractivity contribution in [2.45, 2.75) is 45.3 Å². The molecule has 0 aromatic carbocycles. The molecule has 3 aromatic heterocycles. The van der Waals surface area contributed by atoms with Crippen molar-refractivity contribution in [2.24, 2.45) is 0 Å². The fourth-order valence-corrected chi connectivity index (χ4v) is 4.54. The largest absolute Gasteiger partial charge is 0.302 e. The van der Waals surface area contributed by atoms with Gasteiger partial charge in [0.2, 0.25) is 11.0 Å². The Labute approximate surface area is 164 Å². The Morgan fingerprint density at radius 1 is 1.27 bits per heavy atom. The Morgan fingerprint density at radius 3 is 2.77 bits per heavy atom. The van der Waals surface area contributed by atoms with Crippen LogP contribution in [0.15, 0.2) is 16.6 Å². The second-order valence-electron chi connectivity index (χ2n) is 5.58. The molecule has 1 amide bonds. The lowest BCUT2D eigenvalue weighted by Gasteiger charge is -2.07. The second-order valence-corrected chi connectivity index (χ2v) is 8.70. The van der Waals surface area contributed by atoms with Crippen LogP contribution in [-0.2, 0) is 17.8 Å². The first-order valence-corrected chi connectivity index (χ1v) is 11.0. The number of amides is 1. The Kier molecular flexibility index (Phi) is 6.38. The standard InChI is InChI=1S/C16H20N6OS3/c1-4-6-22-14(11-7-12(5-2)24-8-11)19-21-16(22)25-9-13(23)17-15-20-18-10(3)26-15/h7-8H,4-6,9H2,1-3H3,(H,17,20,23). The van der Waals surface area contributed by atoms with Crippen LogP contribution >= 0.6 is 34.4 Å². The molecule has 0 radical (unpaired) electrons. The fourth-order valence-electron chi connectivity index (χ4n) is 2.35. The summed E-state index contributed by atoms with van der Waals surface area (Å²) in [6, 6.07) is 2.17. The first-order valence-electron chi connectivity index (χ1n) is 8.34. The summed E-state index contributed by atoms with van der Waals surface area (Å²) in [4.78, 5) is 13.5. The van der Waals surface area contributed by atoms with Crippen LogP contribution in [0.4, 0.5) is 5.13 Å². The van der Waals surface area contributed by atoms with Gasteiger partial charge in [-0.2, -0.15) is 0 Å². The number of aromatic nitrogens is 5. The number of aryl methyl sites for hydroxylation is 2. The molecule has 138 valence electrons. The predicted molar refractivity (Wildman–Crippen MR) is 107 cm³/mol. The summed E-state index contributed by atoms with van der Waals surface area (Å²) in [6.45, 7) is 6.93. The molecular formula is C16H20N6OS3. The molecule has 0 bridgehead atoms. The van der Waals surface area contributed by atoms with Crippen molar-refractivity contribution in [1.29, 1.82) is 0 Å². The number of anilines is 1. The summed E-state index contributed by atoms with van der Waals surface area (Å²) in [5, 5.41) is 23.5. The van der Waals surface area contributed by atoms with E-state index in [1.807, 2.05) is 6.92 Å². The van der Waals surface area contributed by atoms with E-state index in [4.69, 9.17) is 0 Å². The normalized spacial score (nSPS) is 11.0. The van der Waals surface area contributed by atoms with E-state index in [1.165, 1.54) is 28.0 Å². The van der Waals surface area contributed by atoms with Crippen molar-refractivity contribution >= 4 is 45.5 Å². The fraction of sp³-hybridized carbons (Fsp3) is 0.438. The van der Waals surface area contributed by atoms with Crippen molar-refractivity contribution < 1.29 is 4.79 Å². The highest BCUT2D eigenvalue weighted by molar-refractivity contribution is 7.99. The molecule has 0 aliphatic carbocycles. The molecular weight excluding hydrogens is 388 g/mol. The van der Waals surface area contributed by atoms with E-state index < -0.39 is 0 Å². The molecule has 3 aromatic rings. The summed E-state index contributed by atoms with van der Waals surface area (Å²) < 4.78 is 2.09. The quantitative estimate of drug-likeness (QED) is 0.570. The van der Waals surface area contributed by atoms with Crippen LogP contribution in [0.25, 0.3) is 11.4 Å². The smallest absolute Gasteiger partial charge is 0.236 e. The minimum absolute atomic E-state index is 0.123. The summed E-state index contributed by atoms with van der Waals surface area (Å²) in [5.41, 5.74) is 1.09. The van der Waals surface area contributed by atoms with Crippen LogP contribution < -0.4 is 5.32 Å². The van der Waals surface area contributed by atoms with Crippen LogP contribution in [0.3, 0.4) is 0 Å². The topological polar surface area (TPSA) is 85.6 Å². The first-order chi connectivity index (χ1) is 12.6. The van der Waals surface area contributed by atoms with Gasteiger partial charge >= 0.3 is 0 Å². The molecule has 0 unspecified atom stereocenters. The summed E-state index contributed by atoms with van der Waals surface area (Å²) in [7, 11) is 0.